The molecule has 0 unspecified atom stereocenters. The van der Waals surface area contributed by atoms with E-state index in [2.05, 4.69) is 100 Å². The molecule has 50 heavy (non-hydrogen) atoms. The van der Waals surface area contributed by atoms with Gasteiger partial charge in [0.1, 0.15) is 0 Å². The lowest BCUT2D eigenvalue weighted by molar-refractivity contribution is 0.667. The third-order valence-corrected chi connectivity index (χ3v) is 10.2. The van der Waals surface area contributed by atoms with Crippen molar-refractivity contribution in [2.75, 3.05) is 0 Å². The van der Waals surface area contributed by atoms with Crippen LogP contribution in [0, 0.1) is 0 Å². The van der Waals surface area contributed by atoms with Gasteiger partial charge in [0.2, 0.25) is 0 Å². The topological polar surface area (TPSA) is 48.5 Å². The van der Waals surface area contributed by atoms with E-state index in [1.54, 1.807) is 0 Å². The molecule has 3 heterocycles. The van der Waals surface area contributed by atoms with E-state index in [0.29, 0.717) is 17.5 Å². The molecule has 0 bridgehead atoms. The van der Waals surface area contributed by atoms with E-state index in [0.717, 1.165) is 35.2 Å². The SMILES string of the molecule is c1ccc(-c2nc(-c3ccccc3)nc(-c3ccc(-n4c5c(c6c4ccc4c7ccccc7n(-c7ccccc7)c46)CCCC5)cc3)n2)cc1. The Morgan fingerprint density at radius 2 is 0.940 bits per heavy atom. The summed E-state index contributed by atoms with van der Waals surface area (Å²) in [4.78, 5) is 14.8. The lowest BCUT2D eigenvalue weighted by Gasteiger charge is -2.16. The minimum atomic E-state index is 0.665. The van der Waals surface area contributed by atoms with Crippen LogP contribution in [0.5, 0.6) is 0 Å². The second-order valence-corrected chi connectivity index (χ2v) is 13.1. The molecular formula is C45H33N5. The van der Waals surface area contributed by atoms with Crippen molar-refractivity contribution in [2.24, 2.45) is 0 Å². The summed E-state index contributed by atoms with van der Waals surface area (Å²) in [5.74, 6) is 2.00. The predicted octanol–water partition coefficient (Wildman–Crippen LogP) is 10.8. The fourth-order valence-electron chi connectivity index (χ4n) is 7.92. The van der Waals surface area contributed by atoms with Gasteiger partial charge in [-0.05, 0) is 79.8 Å². The Bertz CT molecular complexity index is 2610. The van der Waals surface area contributed by atoms with Crippen LogP contribution in [-0.2, 0) is 12.8 Å². The summed E-state index contributed by atoms with van der Waals surface area (Å²) >= 11 is 0. The molecule has 5 heteroatoms. The van der Waals surface area contributed by atoms with Gasteiger partial charge in [-0.15, -0.1) is 0 Å². The summed E-state index contributed by atoms with van der Waals surface area (Å²) < 4.78 is 4.99. The van der Waals surface area contributed by atoms with Crippen molar-refractivity contribution in [1.82, 2.24) is 24.1 Å². The molecule has 0 atom stereocenters. The largest absolute Gasteiger partial charge is 0.313 e. The normalized spacial score (nSPS) is 12.9. The third kappa shape index (κ3) is 4.58. The Morgan fingerprint density at radius 1 is 0.400 bits per heavy atom. The van der Waals surface area contributed by atoms with Gasteiger partial charge in [-0.1, -0.05) is 103 Å². The van der Waals surface area contributed by atoms with E-state index >= 15 is 0 Å². The fraction of sp³-hybridized carbons (Fsp3) is 0.0889. The van der Waals surface area contributed by atoms with Crippen LogP contribution in [0.3, 0.4) is 0 Å². The quantitative estimate of drug-likeness (QED) is 0.187. The first kappa shape index (κ1) is 28.7. The Balaban J connectivity index is 1.16. The lowest BCUT2D eigenvalue weighted by Crippen LogP contribution is -2.07. The van der Waals surface area contributed by atoms with Crippen molar-refractivity contribution in [3.63, 3.8) is 0 Å². The molecule has 3 aromatic heterocycles. The maximum absolute atomic E-state index is 4.97. The molecule has 9 aromatic rings. The van der Waals surface area contributed by atoms with Crippen LogP contribution in [0.2, 0.25) is 0 Å². The molecule has 0 fully saturated rings. The maximum Gasteiger partial charge on any atom is 0.164 e. The molecule has 6 aromatic carbocycles. The zero-order valence-electron chi connectivity index (χ0n) is 27.5. The summed E-state index contributed by atoms with van der Waals surface area (Å²) in [6, 6.07) is 53.4. The van der Waals surface area contributed by atoms with E-state index < -0.39 is 0 Å². The van der Waals surface area contributed by atoms with E-state index in [4.69, 9.17) is 15.0 Å². The van der Waals surface area contributed by atoms with Gasteiger partial charge in [0.25, 0.3) is 0 Å². The number of rotatable bonds is 5. The van der Waals surface area contributed by atoms with Crippen LogP contribution in [0.25, 0.3) is 78.2 Å². The zero-order chi connectivity index (χ0) is 33.0. The smallest absolute Gasteiger partial charge is 0.164 e. The standard InChI is InChI=1S/C45H33N5/c1-4-14-30(15-5-1)43-46-44(31-16-6-2-7-17-31)48-45(47-43)32-24-26-34(27-25-32)49-39-23-13-11-21-37(39)41-40(49)29-28-36-35-20-10-12-22-38(35)50(42(36)41)33-18-8-3-9-19-33/h1-10,12,14-20,22,24-29H,11,13,21,23H2. The molecule has 0 amide bonds. The van der Waals surface area contributed by atoms with Crippen LogP contribution < -0.4 is 0 Å². The summed E-state index contributed by atoms with van der Waals surface area (Å²) in [6.07, 6.45) is 4.55. The molecular weight excluding hydrogens is 611 g/mol. The molecule has 10 rings (SSSR count). The third-order valence-electron chi connectivity index (χ3n) is 10.2. The Hall–Kier alpha value is -6.33. The van der Waals surface area contributed by atoms with Crippen molar-refractivity contribution < 1.29 is 0 Å². The molecule has 0 N–H and O–H groups in total. The second-order valence-electron chi connectivity index (χ2n) is 13.1. The number of fused-ring (bicyclic) bond motifs is 7. The Kier molecular flexibility index (Phi) is 6.69. The van der Waals surface area contributed by atoms with Gasteiger partial charge in [0.05, 0.1) is 16.6 Å². The molecule has 0 saturated heterocycles. The van der Waals surface area contributed by atoms with E-state index in [1.807, 2.05) is 60.7 Å². The Morgan fingerprint density at radius 3 is 1.60 bits per heavy atom. The highest BCUT2D eigenvalue weighted by Gasteiger charge is 2.26. The van der Waals surface area contributed by atoms with Crippen molar-refractivity contribution in [3.05, 3.63) is 163 Å². The Labute approximate surface area is 290 Å². The molecule has 0 spiro atoms. The number of benzene rings is 6. The first-order chi connectivity index (χ1) is 24.8. The van der Waals surface area contributed by atoms with E-state index in [-0.39, 0.29) is 0 Å². The van der Waals surface area contributed by atoms with Crippen molar-refractivity contribution >= 4 is 32.7 Å². The van der Waals surface area contributed by atoms with Crippen molar-refractivity contribution in [3.8, 4) is 45.5 Å². The van der Waals surface area contributed by atoms with Gasteiger partial charge in [-0.2, -0.15) is 0 Å². The number of aryl methyl sites for hydroxylation is 1. The summed E-state index contributed by atoms with van der Waals surface area (Å²) in [6.45, 7) is 0. The maximum atomic E-state index is 4.97. The zero-order valence-corrected chi connectivity index (χ0v) is 27.5. The second kappa shape index (κ2) is 11.7. The van der Waals surface area contributed by atoms with Crippen LogP contribution in [0.15, 0.2) is 152 Å². The summed E-state index contributed by atoms with van der Waals surface area (Å²) in [5.41, 5.74) is 12.0. The molecule has 5 nitrogen and oxygen atoms in total. The molecule has 0 radical (unpaired) electrons. The van der Waals surface area contributed by atoms with Gasteiger partial charge >= 0.3 is 0 Å². The van der Waals surface area contributed by atoms with Crippen LogP contribution in [0.4, 0.5) is 0 Å². The average molecular weight is 644 g/mol. The minimum Gasteiger partial charge on any atom is -0.313 e. The van der Waals surface area contributed by atoms with Crippen LogP contribution in [-0.4, -0.2) is 24.1 Å². The van der Waals surface area contributed by atoms with E-state index in [9.17, 15) is 0 Å². The predicted molar refractivity (Wildman–Crippen MR) is 204 cm³/mol. The molecule has 238 valence electrons. The van der Waals surface area contributed by atoms with Gasteiger partial charge in [-0.25, -0.2) is 15.0 Å². The first-order valence-electron chi connectivity index (χ1n) is 17.4. The summed E-state index contributed by atoms with van der Waals surface area (Å²) in [7, 11) is 0. The van der Waals surface area contributed by atoms with Gasteiger partial charge in [0.15, 0.2) is 17.5 Å². The minimum absolute atomic E-state index is 0.665. The van der Waals surface area contributed by atoms with Crippen LogP contribution in [0.1, 0.15) is 24.1 Å². The number of hydrogen-bond donors (Lipinski definition) is 0. The molecule has 1 aliphatic rings. The fourth-order valence-corrected chi connectivity index (χ4v) is 7.92. The van der Waals surface area contributed by atoms with Crippen molar-refractivity contribution in [2.45, 2.75) is 25.7 Å². The number of nitrogens with zero attached hydrogens (tertiary/aromatic N) is 5. The number of hydrogen-bond acceptors (Lipinski definition) is 3. The van der Waals surface area contributed by atoms with Crippen LogP contribution >= 0.6 is 0 Å². The van der Waals surface area contributed by atoms with E-state index in [1.165, 1.54) is 62.5 Å². The van der Waals surface area contributed by atoms with Gasteiger partial charge in [0, 0.05) is 49.9 Å². The number of aromatic nitrogens is 5. The molecule has 0 aliphatic heterocycles. The summed E-state index contributed by atoms with van der Waals surface area (Å²) in [5, 5.41) is 3.96. The highest BCUT2D eigenvalue weighted by Crippen LogP contribution is 2.43. The first-order valence-corrected chi connectivity index (χ1v) is 17.4. The average Bonchev–Trinajstić information content (AvgIpc) is 3.72. The molecule has 0 saturated carbocycles. The number of para-hydroxylation sites is 2. The molecule has 1 aliphatic carbocycles. The highest BCUT2D eigenvalue weighted by atomic mass is 15.0. The highest BCUT2D eigenvalue weighted by molar-refractivity contribution is 6.19. The van der Waals surface area contributed by atoms with Gasteiger partial charge in [-0.3, -0.25) is 0 Å². The van der Waals surface area contributed by atoms with Crippen molar-refractivity contribution in [1.29, 1.82) is 0 Å². The monoisotopic (exact) mass is 643 g/mol. The lowest BCUT2D eigenvalue weighted by atomic mass is 9.94. The van der Waals surface area contributed by atoms with Gasteiger partial charge < -0.3 is 9.13 Å².